The average Bonchev–Trinajstić information content (AvgIpc) is 3.08. The number of oxime groups is 1. The zero-order valence-corrected chi connectivity index (χ0v) is 15.9. The molecule has 0 saturated heterocycles. The molecular weight excluding hydrogens is 426 g/mol. The summed E-state index contributed by atoms with van der Waals surface area (Å²) in [6.07, 6.45) is 0. The Labute approximate surface area is 161 Å². The molecule has 0 radical (unpaired) electrons. The van der Waals surface area contributed by atoms with Crippen LogP contribution in [0.25, 0.3) is 11.0 Å². The van der Waals surface area contributed by atoms with E-state index >= 15 is 0 Å². The summed E-state index contributed by atoms with van der Waals surface area (Å²) in [7, 11) is 1.49. The number of furan rings is 1. The van der Waals surface area contributed by atoms with Crippen molar-refractivity contribution in [3.8, 4) is 5.88 Å². The molecule has 0 atom stereocenters. The van der Waals surface area contributed by atoms with E-state index < -0.39 is 5.78 Å². The van der Waals surface area contributed by atoms with Crippen LogP contribution in [-0.4, -0.2) is 30.3 Å². The zero-order valence-electron chi connectivity index (χ0n) is 13.5. The third kappa shape index (κ3) is 3.81. The smallest absolute Gasteiger partial charge is 0.238 e. The van der Waals surface area contributed by atoms with E-state index in [1.54, 1.807) is 36.4 Å². The van der Waals surface area contributed by atoms with Gasteiger partial charge < -0.3 is 19.7 Å². The number of hydrogen-bond acceptors (Lipinski definition) is 6. The molecule has 0 saturated carbocycles. The number of Topliss-reactive ketones (excluding diaryl/α,β-unsaturated/α-hetero) is 1. The number of nitrogens with two attached hydrogens (primary N) is 1. The van der Waals surface area contributed by atoms with Crippen molar-refractivity contribution in [1.29, 1.82) is 0 Å². The molecular formula is C17H13BrClN3O4. The molecule has 0 spiro atoms. The molecule has 2 N–H and O–H groups in total. The van der Waals surface area contributed by atoms with E-state index in [-0.39, 0.29) is 18.2 Å². The second kappa shape index (κ2) is 7.76. The first-order valence-electron chi connectivity index (χ1n) is 7.37. The van der Waals surface area contributed by atoms with Gasteiger partial charge >= 0.3 is 0 Å². The molecule has 0 amide bonds. The number of fused-ring (bicyclic) bond motifs is 1. The van der Waals surface area contributed by atoms with Crippen LogP contribution in [0.1, 0.15) is 16.2 Å². The number of methoxy groups -OCH3 is 1. The van der Waals surface area contributed by atoms with Crippen LogP contribution in [-0.2, 0) is 4.84 Å². The number of carbonyl (C=O) groups is 1. The van der Waals surface area contributed by atoms with Crippen molar-refractivity contribution in [1.82, 2.24) is 4.98 Å². The number of nitrogens with zero attached hydrogens (tertiary/aromatic N) is 2. The largest absolute Gasteiger partial charge is 0.480 e. The van der Waals surface area contributed by atoms with E-state index in [4.69, 9.17) is 31.3 Å². The Bertz CT molecular complexity index is 1000. The number of amidine groups is 1. The minimum Gasteiger partial charge on any atom is -0.480 e. The zero-order chi connectivity index (χ0) is 18.7. The van der Waals surface area contributed by atoms with Crippen LogP contribution in [0, 0.1) is 0 Å². The van der Waals surface area contributed by atoms with E-state index in [0.717, 1.165) is 5.39 Å². The van der Waals surface area contributed by atoms with Crippen molar-refractivity contribution in [2.75, 3.05) is 13.7 Å². The second-order valence-electron chi connectivity index (χ2n) is 5.13. The molecule has 0 fully saturated rings. The van der Waals surface area contributed by atoms with Gasteiger partial charge in [-0.2, -0.15) is 0 Å². The first-order valence-corrected chi connectivity index (χ1v) is 8.54. The lowest BCUT2D eigenvalue weighted by molar-refractivity contribution is 0.0750. The molecule has 0 aliphatic carbocycles. The van der Waals surface area contributed by atoms with Crippen LogP contribution < -0.4 is 10.5 Å². The van der Waals surface area contributed by atoms with Crippen LogP contribution in [0.4, 0.5) is 0 Å². The predicted octanol–water partition coefficient (Wildman–Crippen LogP) is 3.77. The molecule has 0 aliphatic rings. The number of pyridine rings is 1. The van der Waals surface area contributed by atoms with E-state index in [1.165, 1.54) is 7.11 Å². The molecule has 3 aromatic rings. The van der Waals surface area contributed by atoms with E-state index in [1.807, 2.05) is 0 Å². The molecule has 7 nitrogen and oxygen atoms in total. The maximum Gasteiger partial charge on any atom is 0.238 e. The Hall–Kier alpha value is -2.58. The molecule has 1 aromatic carbocycles. The summed E-state index contributed by atoms with van der Waals surface area (Å²) in [5.41, 5.74) is 6.62. The highest BCUT2D eigenvalue weighted by atomic mass is 79.9. The topological polar surface area (TPSA) is 99.9 Å². The molecule has 2 aromatic heterocycles. The number of rotatable bonds is 6. The van der Waals surface area contributed by atoms with Crippen molar-refractivity contribution in [3.05, 3.63) is 57.3 Å². The van der Waals surface area contributed by atoms with Gasteiger partial charge in [-0.15, -0.1) is 0 Å². The van der Waals surface area contributed by atoms with Crippen LogP contribution in [0.2, 0.25) is 5.02 Å². The monoisotopic (exact) mass is 437 g/mol. The normalized spacial score (nSPS) is 11.6. The molecule has 3 rings (SSSR count). The second-order valence-corrected chi connectivity index (χ2v) is 6.39. The Morgan fingerprint density at radius 2 is 2.19 bits per heavy atom. The van der Waals surface area contributed by atoms with Gasteiger partial charge in [-0.3, -0.25) is 4.79 Å². The highest BCUT2D eigenvalue weighted by Gasteiger charge is 2.15. The highest BCUT2D eigenvalue weighted by Crippen LogP contribution is 2.26. The standard InChI is InChI=1S/C17H13BrClN3O4/c1-24-17-10(18)5-6-12(21-17)16(20)22-25-8-13(23)14-7-9-3-2-4-11(19)15(9)26-14/h2-7H,8H2,1H3,(H2,20,22). The van der Waals surface area contributed by atoms with Crippen molar-refractivity contribution in [2.45, 2.75) is 0 Å². The summed E-state index contributed by atoms with van der Waals surface area (Å²) in [6.45, 7) is -0.341. The van der Waals surface area contributed by atoms with Crippen LogP contribution in [0.3, 0.4) is 0 Å². The number of ether oxygens (including phenoxy) is 1. The molecule has 9 heteroatoms. The maximum atomic E-state index is 12.2. The molecule has 0 aliphatic heterocycles. The average molecular weight is 439 g/mol. The summed E-state index contributed by atoms with van der Waals surface area (Å²) in [5.74, 6) is 0.104. The van der Waals surface area contributed by atoms with Gasteiger partial charge in [0.1, 0.15) is 5.69 Å². The molecule has 134 valence electrons. The van der Waals surface area contributed by atoms with Gasteiger partial charge in [0.25, 0.3) is 0 Å². The lowest BCUT2D eigenvalue weighted by Gasteiger charge is -2.05. The first kappa shape index (κ1) is 18.2. The summed E-state index contributed by atoms with van der Waals surface area (Å²) in [5, 5.41) is 4.87. The van der Waals surface area contributed by atoms with Crippen molar-refractivity contribution < 1.29 is 18.8 Å². The van der Waals surface area contributed by atoms with Gasteiger partial charge in [-0.25, -0.2) is 4.98 Å². The summed E-state index contributed by atoms with van der Waals surface area (Å²) < 4.78 is 11.2. The Morgan fingerprint density at radius 1 is 1.38 bits per heavy atom. The fourth-order valence-corrected chi connectivity index (χ4v) is 2.76. The fourth-order valence-electron chi connectivity index (χ4n) is 2.15. The van der Waals surface area contributed by atoms with Gasteiger partial charge in [0.15, 0.2) is 23.8 Å². The van der Waals surface area contributed by atoms with Gasteiger partial charge in [-0.1, -0.05) is 28.9 Å². The number of para-hydroxylation sites is 1. The van der Waals surface area contributed by atoms with E-state index in [0.29, 0.717) is 26.7 Å². The number of ketones is 1. The van der Waals surface area contributed by atoms with Gasteiger partial charge in [0, 0.05) is 5.39 Å². The minimum atomic E-state index is -0.393. The van der Waals surface area contributed by atoms with Crippen molar-refractivity contribution in [2.24, 2.45) is 10.9 Å². The SMILES string of the molecule is COc1nc(/C(N)=N/OCC(=O)c2cc3cccc(Cl)c3o2)ccc1Br. The number of halogens is 2. The van der Waals surface area contributed by atoms with E-state index in [2.05, 4.69) is 26.1 Å². The third-order valence-corrected chi connectivity index (χ3v) is 4.30. The Balaban J connectivity index is 1.68. The molecule has 2 heterocycles. The number of benzene rings is 1. The Morgan fingerprint density at radius 3 is 2.92 bits per heavy atom. The Kier molecular flexibility index (Phi) is 5.43. The van der Waals surface area contributed by atoms with Crippen LogP contribution in [0.5, 0.6) is 5.88 Å². The fraction of sp³-hybridized carbons (Fsp3) is 0.118. The van der Waals surface area contributed by atoms with Crippen LogP contribution in [0.15, 0.2) is 50.4 Å². The number of carbonyl (C=O) groups excluding carboxylic acids is 1. The predicted molar refractivity (Wildman–Crippen MR) is 101 cm³/mol. The summed E-state index contributed by atoms with van der Waals surface area (Å²) >= 11 is 9.32. The van der Waals surface area contributed by atoms with E-state index in [9.17, 15) is 4.79 Å². The number of aromatic nitrogens is 1. The van der Waals surface area contributed by atoms with Crippen molar-refractivity contribution >= 4 is 50.1 Å². The quantitative estimate of drug-likeness (QED) is 0.272. The lowest BCUT2D eigenvalue weighted by atomic mass is 10.2. The van der Waals surface area contributed by atoms with Gasteiger partial charge in [0.05, 0.1) is 16.6 Å². The minimum absolute atomic E-state index is 0.0104. The highest BCUT2D eigenvalue weighted by molar-refractivity contribution is 9.10. The lowest BCUT2D eigenvalue weighted by Crippen LogP contribution is -2.17. The molecule has 0 unspecified atom stereocenters. The van der Waals surface area contributed by atoms with Gasteiger partial charge in [0.2, 0.25) is 11.7 Å². The van der Waals surface area contributed by atoms with Crippen molar-refractivity contribution in [3.63, 3.8) is 0 Å². The van der Waals surface area contributed by atoms with Gasteiger partial charge in [-0.05, 0) is 40.2 Å². The van der Waals surface area contributed by atoms with Crippen LogP contribution >= 0.6 is 27.5 Å². The third-order valence-electron chi connectivity index (χ3n) is 3.40. The summed E-state index contributed by atoms with van der Waals surface area (Å²) in [6, 6.07) is 10.2. The summed E-state index contributed by atoms with van der Waals surface area (Å²) in [4.78, 5) is 21.4. The molecule has 0 bridgehead atoms. The number of hydrogen-bond donors (Lipinski definition) is 1. The molecule has 26 heavy (non-hydrogen) atoms. The maximum absolute atomic E-state index is 12.2. The first-order chi connectivity index (χ1) is 12.5.